The van der Waals surface area contributed by atoms with E-state index in [4.69, 9.17) is 0 Å². The summed E-state index contributed by atoms with van der Waals surface area (Å²) in [7, 11) is 0. The summed E-state index contributed by atoms with van der Waals surface area (Å²) in [5.41, 5.74) is 1.35. The second kappa shape index (κ2) is 3.71. The van der Waals surface area contributed by atoms with Crippen LogP contribution in [0.5, 0.6) is 0 Å². The van der Waals surface area contributed by atoms with Crippen LogP contribution in [0.2, 0.25) is 0 Å². The van der Waals surface area contributed by atoms with E-state index in [1.54, 1.807) is 0 Å². The Morgan fingerprint density at radius 3 is 2.47 bits per heavy atom. The van der Waals surface area contributed by atoms with Crippen LogP contribution < -0.4 is 0 Å². The standard InChI is InChI=1S/C14H16S/c1-10-2-6-13(7-3-10)15-14-9-11-4-5-12(14)8-11/h2-7,11-12,14H,8-9H2,1H3/t11-,12+,14+/m0/s1. The van der Waals surface area contributed by atoms with Gasteiger partial charge in [0.1, 0.15) is 0 Å². The van der Waals surface area contributed by atoms with E-state index in [0.29, 0.717) is 0 Å². The lowest BCUT2D eigenvalue weighted by atomic mass is 10.1. The number of fused-ring (bicyclic) bond motifs is 2. The Bertz CT molecular complexity index is 377. The van der Waals surface area contributed by atoms with E-state index >= 15 is 0 Å². The molecule has 1 aromatic rings. The summed E-state index contributed by atoms with van der Waals surface area (Å²) in [6.45, 7) is 2.15. The van der Waals surface area contributed by atoms with Crippen LogP contribution in [0.3, 0.4) is 0 Å². The zero-order valence-corrected chi connectivity index (χ0v) is 9.84. The molecule has 2 bridgehead atoms. The Labute approximate surface area is 95.8 Å². The summed E-state index contributed by atoms with van der Waals surface area (Å²) in [6.07, 6.45) is 7.64. The van der Waals surface area contributed by atoms with Crippen molar-refractivity contribution in [3.8, 4) is 0 Å². The van der Waals surface area contributed by atoms with Crippen LogP contribution in [0.4, 0.5) is 0 Å². The molecule has 2 aliphatic rings. The number of rotatable bonds is 2. The maximum Gasteiger partial charge on any atom is 0.0163 e. The quantitative estimate of drug-likeness (QED) is 0.672. The Balaban J connectivity index is 1.71. The van der Waals surface area contributed by atoms with Crippen LogP contribution in [-0.4, -0.2) is 5.25 Å². The van der Waals surface area contributed by atoms with Gasteiger partial charge in [0.2, 0.25) is 0 Å². The van der Waals surface area contributed by atoms with Gasteiger partial charge in [0.25, 0.3) is 0 Å². The first-order valence-corrected chi connectivity index (χ1v) is 6.61. The normalized spacial score (nSPS) is 32.5. The first-order chi connectivity index (χ1) is 7.31. The molecule has 1 heteroatoms. The molecular weight excluding hydrogens is 200 g/mol. The monoisotopic (exact) mass is 216 g/mol. The van der Waals surface area contributed by atoms with Crippen LogP contribution in [0, 0.1) is 18.8 Å². The highest BCUT2D eigenvalue weighted by Crippen LogP contribution is 2.46. The maximum absolute atomic E-state index is 2.43. The highest BCUT2D eigenvalue weighted by molar-refractivity contribution is 8.00. The molecule has 1 aromatic carbocycles. The van der Waals surface area contributed by atoms with Gasteiger partial charge in [-0.05, 0) is 43.7 Å². The minimum absolute atomic E-state index is 0.836. The average molecular weight is 216 g/mol. The summed E-state index contributed by atoms with van der Waals surface area (Å²) in [6, 6.07) is 8.95. The van der Waals surface area contributed by atoms with Crippen LogP contribution in [0.25, 0.3) is 0 Å². The molecule has 78 valence electrons. The number of aryl methyl sites for hydroxylation is 1. The topological polar surface area (TPSA) is 0 Å². The highest BCUT2D eigenvalue weighted by Gasteiger charge is 2.35. The van der Waals surface area contributed by atoms with Gasteiger partial charge in [-0.25, -0.2) is 0 Å². The molecule has 1 fully saturated rings. The molecule has 0 spiro atoms. The molecule has 0 saturated heterocycles. The van der Waals surface area contributed by atoms with E-state index < -0.39 is 0 Å². The predicted octanol–water partition coefficient (Wildman–Crippen LogP) is 4.05. The Kier molecular flexibility index (Phi) is 2.36. The summed E-state index contributed by atoms with van der Waals surface area (Å²) in [5, 5.41) is 0.836. The molecule has 15 heavy (non-hydrogen) atoms. The Morgan fingerprint density at radius 2 is 1.87 bits per heavy atom. The van der Waals surface area contributed by atoms with Gasteiger partial charge in [-0.15, -0.1) is 11.8 Å². The number of hydrogen-bond acceptors (Lipinski definition) is 1. The van der Waals surface area contributed by atoms with Crippen LogP contribution in [0.15, 0.2) is 41.3 Å². The van der Waals surface area contributed by atoms with Crippen molar-refractivity contribution < 1.29 is 0 Å². The summed E-state index contributed by atoms with van der Waals surface area (Å²) >= 11 is 2.07. The first-order valence-electron chi connectivity index (χ1n) is 5.73. The van der Waals surface area contributed by atoms with E-state index in [-0.39, 0.29) is 0 Å². The molecule has 3 atom stereocenters. The fraction of sp³-hybridized carbons (Fsp3) is 0.429. The third-order valence-corrected chi connectivity index (χ3v) is 4.92. The Hall–Kier alpha value is -0.690. The van der Waals surface area contributed by atoms with Crippen LogP contribution >= 0.6 is 11.8 Å². The number of allylic oxidation sites excluding steroid dienone is 2. The maximum atomic E-state index is 2.43. The van der Waals surface area contributed by atoms with E-state index in [1.807, 2.05) is 0 Å². The SMILES string of the molecule is Cc1ccc(S[C@@H]2C[C@H]3C=C[C@@H]2C3)cc1. The minimum atomic E-state index is 0.836. The van der Waals surface area contributed by atoms with E-state index in [2.05, 4.69) is 55.1 Å². The van der Waals surface area contributed by atoms with E-state index in [9.17, 15) is 0 Å². The fourth-order valence-corrected chi connectivity index (χ4v) is 4.02. The van der Waals surface area contributed by atoms with E-state index in [0.717, 1.165) is 17.1 Å². The second-order valence-corrected chi connectivity index (χ2v) is 6.06. The smallest absolute Gasteiger partial charge is 0.0163 e. The zero-order chi connectivity index (χ0) is 10.3. The highest BCUT2D eigenvalue weighted by atomic mass is 32.2. The fourth-order valence-electron chi connectivity index (χ4n) is 2.66. The van der Waals surface area contributed by atoms with Crippen LogP contribution in [0.1, 0.15) is 18.4 Å². The van der Waals surface area contributed by atoms with Gasteiger partial charge >= 0.3 is 0 Å². The van der Waals surface area contributed by atoms with Crippen molar-refractivity contribution in [1.29, 1.82) is 0 Å². The number of benzene rings is 1. The molecule has 0 aromatic heterocycles. The summed E-state index contributed by atoms with van der Waals surface area (Å²) < 4.78 is 0. The third-order valence-electron chi connectivity index (χ3n) is 3.53. The minimum Gasteiger partial charge on any atom is -0.122 e. The van der Waals surface area contributed by atoms with Gasteiger partial charge in [-0.2, -0.15) is 0 Å². The molecule has 1 saturated carbocycles. The number of thioether (sulfide) groups is 1. The van der Waals surface area contributed by atoms with Crippen molar-refractivity contribution in [1.82, 2.24) is 0 Å². The van der Waals surface area contributed by atoms with Gasteiger partial charge in [-0.3, -0.25) is 0 Å². The van der Waals surface area contributed by atoms with Crippen molar-refractivity contribution in [2.24, 2.45) is 11.8 Å². The molecule has 0 amide bonds. The van der Waals surface area contributed by atoms with Gasteiger partial charge in [0, 0.05) is 10.1 Å². The van der Waals surface area contributed by atoms with Crippen molar-refractivity contribution in [2.45, 2.75) is 29.9 Å². The molecular formula is C14H16S. The van der Waals surface area contributed by atoms with Crippen molar-refractivity contribution in [3.63, 3.8) is 0 Å². The average Bonchev–Trinajstić information content (AvgIpc) is 2.83. The second-order valence-electron chi connectivity index (χ2n) is 4.75. The first kappa shape index (κ1) is 9.53. The lowest BCUT2D eigenvalue weighted by Gasteiger charge is -2.17. The van der Waals surface area contributed by atoms with Crippen LogP contribution in [-0.2, 0) is 0 Å². The zero-order valence-electron chi connectivity index (χ0n) is 9.02. The Morgan fingerprint density at radius 1 is 1.07 bits per heavy atom. The lowest BCUT2D eigenvalue weighted by molar-refractivity contribution is 0.692. The largest absolute Gasteiger partial charge is 0.122 e. The lowest BCUT2D eigenvalue weighted by Crippen LogP contribution is -2.08. The van der Waals surface area contributed by atoms with Gasteiger partial charge in [0.05, 0.1) is 0 Å². The van der Waals surface area contributed by atoms with Gasteiger partial charge in [-0.1, -0.05) is 29.8 Å². The molecule has 3 rings (SSSR count). The molecule has 0 radical (unpaired) electrons. The molecule has 0 nitrogen and oxygen atoms in total. The molecule has 0 heterocycles. The number of hydrogen-bond donors (Lipinski definition) is 0. The molecule has 0 aliphatic heterocycles. The van der Waals surface area contributed by atoms with Gasteiger partial charge in [0.15, 0.2) is 0 Å². The molecule has 0 unspecified atom stereocenters. The molecule has 2 aliphatic carbocycles. The van der Waals surface area contributed by atoms with Crippen molar-refractivity contribution >= 4 is 11.8 Å². The molecule has 0 N–H and O–H groups in total. The van der Waals surface area contributed by atoms with Crippen molar-refractivity contribution in [2.75, 3.05) is 0 Å². The predicted molar refractivity (Wildman–Crippen MR) is 66.2 cm³/mol. The van der Waals surface area contributed by atoms with Crippen molar-refractivity contribution in [3.05, 3.63) is 42.0 Å². The summed E-state index contributed by atoms with van der Waals surface area (Å²) in [4.78, 5) is 1.44. The van der Waals surface area contributed by atoms with E-state index in [1.165, 1.54) is 23.3 Å². The third kappa shape index (κ3) is 1.85. The summed E-state index contributed by atoms with van der Waals surface area (Å²) in [5.74, 6) is 1.74. The van der Waals surface area contributed by atoms with Gasteiger partial charge < -0.3 is 0 Å².